The average molecular weight is 247 g/mol. The lowest BCUT2D eigenvalue weighted by molar-refractivity contribution is 0.120. The first-order valence-electron chi connectivity index (χ1n) is 6.05. The lowest BCUT2D eigenvalue weighted by Crippen LogP contribution is -2.21. The van der Waals surface area contributed by atoms with Crippen LogP contribution >= 0.6 is 0 Å². The molecule has 0 saturated carbocycles. The lowest BCUT2D eigenvalue weighted by atomic mass is 10.2. The first kappa shape index (κ1) is 12.6. The molecule has 0 aromatic carbocycles. The Morgan fingerprint density at radius 2 is 2.50 bits per heavy atom. The number of nitrogens with zero attached hydrogens (tertiary/aromatic N) is 4. The van der Waals surface area contributed by atoms with Crippen LogP contribution in [-0.4, -0.2) is 42.8 Å². The zero-order chi connectivity index (χ0) is 12.8. The SMILES string of the molecule is CN(CC#N)c1cc(NCC2CCCO2)ncn1. The van der Waals surface area contributed by atoms with Crippen LogP contribution in [-0.2, 0) is 4.74 Å². The third-order valence-electron chi connectivity index (χ3n) is 2.89. The molecule has 1 aliphatic rings. The molecule has 2 heterocycles. The van der Waals surface area contributed by atoms with Crippen LogP contribution in [0.15, 0.2) is 12.4 Å². The number of hydrogen-bond acceptors (Lipinski definition) is 6. The van der Waals surface area contributed by atoms with Crippen molar-refractivity contribution in [1.82, 2.24) is 9.97 Å². The van der Waals surface area contributed by atoms with Crippen LogP contribution in [0.3, 0.4) is 0 Å². The van der Waals surface area contributed by atoms with E-state index in [9.17, 15) is 0 Å². The average Bonchev–Trinajstić information content (AvgIpc) is 2.90. The van der Waals surface area contributed by atoms with E-state index in [0.717, 1.165) is 37.6 Å². The van der Waals surface area contributed by atoms with Gasteiger partial charge in [0, 0.05) is 26.3 Å². The minimum absolute atomic E-state index is 0.278. The van der Waals surface area contributed by atoms with Gasteiger partial charge in [0.15, 0.2) is 0 Å². The molecule has 0 radical (unpaired) electrons. The van der Waals surface area contributed by atoms with Crippen LogP contribution in [0.5, 0.6) is 0 Å². The second-order valence-electron chi connectivity index (χ2n) is 4.29. The first-order chi connectivity index (χ1) is 8.79. The molecule has 1 aromatic rings. The van der Waals surface area contributed by atoms with Crippen molar-refractivity contribution in [3.05, 3.63) is 12.4 Å². The molecule has 0 amide bonds. The molecule has 1 saturated heterocycles. The Kier molecular flexibility index (Phi) is 4.31. The van der Waals surface area contributed by atoms with E-state index in [1.165, 1.54) is 6.33 Å². The van der Waals surface area contributed by atoms with Crippen molar-refractivity contribution < 1.29 is 4.74 Å². The van der Waals surface area contributed by atoms with Gasteiger partial charge in [-0.05, 0) is 12.8 Å². The molecule has 6 heteroatoms. The van der Waals surface area contributed by atoms with Gasteiger partial charge in [-0.15, -0.1) is 0 Å². The fourth-order valence-electron chi connectivity index (χ4n) is 1.86. The molecular formula is C12H17N5O. The van der Waals surface area contributed by atoms with Gasteiger partial charge in [-0.2, -0.15) is 5.26 Å². The molecule has 1 aromatic heterocycles. The minimum Gasteiger partial charge on any atom is -0.376 e. The first-order valence-corrected chi connectivity index (χ1v) is 6.05. The van der Waals surface area contributed by atoms with Gasteiger partial charge in [-0.1, -0.05) is 0 Å². The largest absolute Gasteiger partial charge is 0.376 e. The fourth-order valence-corrected chi connectivity index (χ4v) is 1.86. The summed E-state index contributed by atoms with van der Waals surface area (Å²) in [5, 5.41) is 11.9. The van der Waals surface area contributed by atoms with Crippen molar-refractivity contribution in [2.24, 2.45) is 0 Å². The molecule has 1 N–H and O–H groups in total. The Balaban J connectivity index is 1.92. The van der Waals surface area contributed by atoms with Crippen LogP contribution in [0.1, 0.15) is 12.8 Å². The Morgan fingerprint density at radius 3 is 3.22 bits per heavy atom. The molecule has 1 fully saturated rings. The van der Waals surface area contributed by atoms with Gasteiger partial charge in [0.05, 0.1) is 12.2 Å². The summed E-state index contributed by atoms with van der Waals surface area (Å²) in [6.45, 7) is 1.92. The molecule has 0 spiro atoms. The zero-order valence-electron chi connectivity index (χ0n) is 10.5. The maximum absolute atomic E-state index is 8.65. The number of ether oxygens (including phenoxy) is 1. The molecule has 2 rings (SSSR count). The van der Waals surface area contributed by atoms with Gasteiger partial charge in [-0.25, -0.2) is 9.97 Å². The quantitative estimate of drug-likeness (QED) is 0.783. The number of rotatable bonds is 5. The van der Waals surface area contributed by atoms with Crippen molar-refractivity contribution in [2.45, 2.75) is 18.9 Å². The van der Waals surface area contributed by atoms with Crippen molar-refractivity contribution in [2.75, 3.05) is 37.0 Å². The normalized spacial score (nSPS) is 18.3. The molecular weight excluding hydrogens is 230 g/mol. The van der Waals surface area contributed by atoms with Crippen LogP contribution in [0, 0.1) is 11.3 Å². The number of anilines is 2. The van der Waals surface area contributed by atoms with Crippen LogP contribution in [0.2, 0.25) is 0 Å². The van der Waals surface area contributed by atoms with Crippen molar-refractivity contribution in [1.29, 1.82) is 5.26 Å². The maximum Gasteiger partial charge on any atom is 0.134 e. The molecule has 0 aliphatic carbocycles. The van der Waals surface area contributed by atoms with E-state index < -0.39 is 0 Å². The highest BCUT2D eigenvalue weighted by atomic mass is 16.5. The monoisotopic (exact) mass is 247 g/mol. The standard InChI is InChI=1S/C12H17N5O/c1-17(5-4-13)12-7-11(15-9-16-12)14-8-10-3-2-6-18-10/h7,9-10H,2-3,5-6,8H2,1H3,(H,14,15,16). The predicted octanol–water partition coefficient (Wildman–Crippen LogP) is 1.03. The molecule has 0 bridgehead atoms. The van der Waals surface area contributed by atoms with Crippen LogP contribution in [0.4, 0.5) is 11.6 Å². The van der Waals surface area contributed by atoms with Gasteiger partial charge >= 0.3 is 0 Å². The van der Waals surface area contributed by atoms with Crippen LogP contribution in [0.25, 0.3) is 0 Å². The summed E-state index contributed by atoms with van der Waals surface area (Å²) >= 11 is 0. The summed E-state index contributed by atoms with van der Waals surface area (Å²) < 4.78 is 5.53. The number of aromatic nitrogens is 2. The summed E-state index contributed by atoms with van der Waals surface area (Å²) in [5.74, 6) is 1.50. The van der Waals surface area contributed by atoms with Crippen LogP contribution < -0.4 is 10.2 Å². The number of nitriles is 1. The van der Waals surface area contributed by atoms with Gasteiger partial charge < -0.3 is 15.0 Å². The molecule has 1 aliphatic heterocycles. The number of nitrogens with one attached hydrogen (secondary N) is 1. The lowest BCUT2D eigenvalue weighted by Gasteiger charge is -2.15. The topological polar surface area (TPSA) is 74.1 Å². The van der Waals surface area contributed by atoms with E-state index in [0.29, 0.717) is 6.54 Å². The zero-order valence-corrected chi connectivity index (χ0v) is 10.5. The van der Waals surface area contributed by atoms with E-state index in [4.69, 9.17) is 10.00 Å². The minimum atomic E-state index is 0.278. The van der Waals surface area contributed by atoms with Crippen molar-refractivity contribution >= 4 is 11.6 Å². The Bertz CT molecular complexity index is 425. The van der Waals surface area contributed by atoms with Crippen molar-refractivity contribution in [3.8, 4) is 6.07 Å². The van der Waals surface area contributed by atoms with Gasteiger partial charge in [0.1, 0.15) is 24.5 Å². The molecule has 1 atom stereocenters. The summed E-state index contributed by atoms with van der Waals surface area (Å²) in [4.78, 5) is 10.1. The highest BCUT2D eigenvalue weighted by Gasteiger charge is 2.15. The van der Waals surface area contributed by atoms with E-state index in [1.54, 1.807) is 4.90 Å². The summed E-state index contributed by atoms with van der Waals surface area (Å²) in [7, 11) is 1.83. The second-order valence-corrected chi connectivity index (χ2v) is 4.29. The molecule has 6 nitrogen and oxygen atoms in total. The van der Waals surface area contributed by atoms with Gasteiger partial charge in [0.25, 0.3) is 0 Å². The van der Waals surface area contributed by atoms with Gasteiger partial charge in [0.2, 0.25) is 0 Å². The summed E-state index contributed by atoms with van der Waals surface area (Å²) in [6.07, 6.45) is 4.01. The van der Waals surface area contributed by atoms with Gasteiger partial charge in [-0.3, -0.25) is 0 Å². The van der Waals surface area contributed by atoms with E-state index in [2.05, 4.69) is 21.4 Å². The third-order valence-corrected chi connectivity index (χ3v) is 2.89. The smallest absolute Gasteiger partial charge is 0.134 e. The Hall–Kier alpha value is -1.87. The van der Waals surface area contributed by atoms with Crippen molar-refractivity contribution in [3.63, 3.8) is 0 Å². The van der Waals surface area contributed by atoms with E-state index in [1.807, 2.05) is 13.1 Å². The summed E-state index contributed by atoms with van der Waals surface area (Å²) in [5.41, 5.74) is 0. The number of hydrogen-bond donors (Lipinski definition) is 1. The fraction of sp³-hybridized carbons (Fsp3) is 0.583. The molecule has 96 valence electrons. The highest BCUT2D eigenvalue weighted by molar-refractivity contribution is 5.48. The second kappa shape index (κ2) is 6.17. The molecule has 1 unspecified atom stereocenters. The predicted molar refractivity (Wildman–Crippen MR) is 68.4 cm³/mol. The maximum atomic E-state index is 8.65. The third kappa shape index (κ3) is 3.31. The Labute approximate surface area is 107 Å². The van der Waals surface area contributed by atoms with E-state index in [-0.39, 0.29) is 6.10 Å². The van der Waals surface area contributed by atoms with E-state index >= 15 is 0 Å². The highest BCUT2D eigenvalue weighted by Crippen LogP contribution is 2.15. The molecule has 18 heavy (non-hydrogen) atoms. The Morgan fingerprint density at radius 1 is 1.61 bits per heavy atom. The summed E-state index contributed by atoms with van der Waals surface area (Å²) in [6, 6.07) is 3.93.